The molecule has 0 amide bonds. The van der Waals surface area contributed by atoms with E-state index < -0.39 is 11.8 Å². The Morgan fingerprint density at radius 1 is 1.40 bits per heavy atom. The minimum Gasteiger partial charge on any atom is -0.478 e. The van der Waals surface area contributed by atoms with Crippen LogP contribution in [0.1, 0.15) is 10.4 Å². The molecule has 0 spiro atoms. The number of hydrogen-bond acceptors (Lipinski definition) is 4. The Labute approximate surface area is 84.8 Å². The van der Waals surface area contributed by atoms with E-state index in [1.807, 2.05) is 0 Å². The molecule has 6 heteroatoms. The monoisotopic (exact) mass is 209 g/mol. The molecule has 78 valence electrons. The van der Waals surface area contributed by atoms with E-state index >= 15 is 0 Å². The quantitative estimate of drug-likeness (QED) is 0.673. The van der Waals surface area contributed by atoms with Crippen molar-refractivity contribution >= 4 is 11.7 Å². The molecule has 1 heterocycles. The number of hydrazine groups is 2. The van der Waals surface area contributed by atoms with Gasteiger partial charge < -0.3 is 10.5 Å². The van der Waals surface area contributed by atoms with E-state index in [-0.39, 0.29) is 5.56 Å². The van der Waals surface area contributed by atoms with Crippen LogP contribution in [0.25, 0.3) is 0 Å². The van der Waals surface area contributed by atoms with Gasteiger partial charge in [-0.25, -0.2) is 9.18 Å². The third-order valence-corrected chi connectivity index (χ3v) is 1.90. The molecule has 0 aromatic heterocycles. The summed E-state index contributed by atoms with van der Waals surface area (Å²) in [6, 6.07) is 3.57. The van der Waals surface area contributed by atoms with Crippen molar-refractivity contribution in [3.05, 3.63) is 42.0 Å². The molecule has 0 radical (unpaired) electrons. The zero-order chi connectivity index (χ0) is 10.8. The van der Waals surface area contributed by atoms with E-state index in [4.69, 9.17) is 5.11 Å². The van der Waals surface area contributed by atoms with Gasteiger partial charge in [0.2, 0.25) is 0 Å². The SMILES string of the molecule is O=C(O)c1cc(F)cc(N2C=CNN2)c1. The predicted octanol–water partition coefficient (Wildman–Crippen LogP) is 0.824. The highest BCUT2D eigenvalue weighted by atomic mass is 19.1. The number of rotatable bonds is 2. The summed E-state index contributed by atoms with van der Waals surface area (Å²) < 4.78 is 13.1. The maximum atomic E-state index is 13.1. The smallest absolute Gasteiger partial charge is 0.335 e. The third kappa shape index (κ3) is 1.89. The van der Waals surface area contributed by atoms with Crippen molar-refractivity contribution in [1.29, 1.82) is 0 Å². The summed E-state index contributed by atoms with van der Waals surface area (Å²) in [6.45, 7) is 0. The van der Waals surface area contributed by atoms with Crippen LogP contribution in [0.15, 0.2) is 30.6 Å². The Bertz CT molecular complexity index is 433. The number of benzene rings is 1. The molecular weight excluding hydrogens is 201 g/mol. The van der Waals surface area contributed by atoms with E-state index in [9.17, 15) is 9.18 Å². The molecule has 3 N–H and O–H groups in total. The Morgan fingerprint density at radius 2 is 2.20 bits per heavy atom. The number of carboxylic acids is 1. The standard InChI is InChI=1S/C9H8FN3O2/c10-7-3-6(9(14)15)4-8(5-7)13-2-1-11-12-13/h1-5,11-12H,(H,14,15). The molecule has 1 aliphatic rings. The van der Waals surface area contributed by atoms with Gasteiger partial charge in [-0.1, -0.05) is 0 Å². The maximum absolute atomic E-state index is 13.1. The van der Waals surface area contributed by atoms with Crippen LogP contribution in [-0.4, -0.2) is 11.1 Å². The second-order valence-corrected chi connectivity index (χ2v) is 2.95. The molecule has 0 fully saturated rings. The summed E-state index contributed by atoms with van der Waals surface area (Å²) in [5.41, 5.74) is 5.66. The molecule has 5 nitrogen and oxygen atoms in total. The van der Waals surface area contributed by atoms with E-state index in [0.29, 0.717) is 5.69 Å². The molecule has 0 unspecified atom stereocenters. The molecule has 1 aromatic carbocycles. The van der Waals surface area contributed by atoms with Crippen molar-refractivity contribution in [3.63, 3.8) is 0 Å². The van der Waals surface area contributed by atoms with Crippen LogP contribution in [0.5, 0.6) is 0 Å². The summed E-state index contributed by atoms with van der Waals surface area (Å²) in [7, 11) is 0. The Morgan fingerprint density at radius 3 is 2.80 bits per heavy atom. The number of aromatic carboxylic acids is 1. The zero-order valence-corrected chi connectivity index (χ0v) is 7.57. The maximum Gasteiger partial charge on any atom is 0.335 e. The van der Waals surface area contributed by atoms with Gasteiger partial charge in [0.1, 0.15) is 5.82 Å². The molecule has 0 saturated carbocycles. The molecular formula is C9H8FN3O2. The topological polar surface area (TPSA) is 64.6 Å². The largest absolute Gasteiger partial charge is 0.478 e. The minimum absolute atomic E-state index is 0.0906. The Hall–Kier alpha value is -2.08. The molecule has 15 heavy (non-hydrogen) atoms. The van der Waals surface area contributed by atoms with Gasteiger partial charge in [0, 0.05) is 12.4 Å². The number of halogens is 1. The fraction of sp³-hybridized carbons (Fsp3) is 0. The van der Waals surface area contributed by atoms with Gasteiger partial charge in [0.05, 0.1) is 11.3 Å². The third-order valence-electron chi connectivity index (χ3n) is 1.90. The summed E-state index contributed by atoms with van der Waals surface area (Å²) in [5.74, 6) is -1.75. The van der Waals surface area contributed by atoms with Crippen LogP contribution in [0.2, 0.25) is 0 Å². The zero-order valence-electron chi connectivity index (χ0n) is 7.57. The molecule has 0 saturated heterocycles. The normalized spacial score (nSPS) is 14.1. The van der Waals surface area contributed by atoms with E-state index in [0.717, 1.165) is 6.07 Å². The lowest BCUT2D eigenvalue weighted by Crippen LogP contribution is -2.35. The van der Waals surface area contributed by atoms with Crippen LogP contribution in [0.4, 0.5) is 10.1 Å². The van der Waals surface area contributed by atoms with Crippen molar-refractivity contribution < 1.29 is 14.3 Å². The van der Waals surface area contributed by atoms with Crippen molar-refractivity contribution in [1.82, 2.24) is 11.0 Å². The number of anilines is 1. The second-order valence-electron chi connectivity index (χ2n) is 2.95. The number of nitrogens with zero attached hydrogens (tertiary/aromatic N) is 1. The first kappa shape index (κ1) is 9.47. The summed E-state index contributed by atoms with van der Waals surface area (Å²) in [6.07, 6.45) is 3.21. The van der Waals surface area contributed by atoms with Gasteiger partial charge in [-0.3, -0.25) is 5.01 Å². The van der Waals surface area contributed by atoms with Crippen molar-refractivity contribution in [2.24, 2.45) is 0 Å². The van der Waals surface area contributed by atoms with Gasteiger partial charge in [-0.05, 0) is 18.2 Å². The lowest BCUT2D eigenvalue weighted by atomic mass is 10.2. The highest BCUT2D eigenvalue weighted by Gasteiger charge is 2.12. The summed E-state index contributed by atoms with van der Waals surface area (Å²) in [4.78, 5) is 10.7. The van der Waals surface area contributed by atoms with Gasteiger partial charge >= 0.3 is 5.97 Å². The first-order chi connectivity index (χ1) is 7.16. The number of nitrogens with one attached hydrogen (secondary N) is 2. The fourth-order valence-corrected chi connectivity index (χ4v) is 1.24. The van der Waals surface area contributed by atoms with Gasteiger partial charge in [0.25, 0.3) is 0 Å². The van der Waals surface area contributed by atoms with Crippen LogP contribution >= 0.6 is 0 Å². The van der Waals surface area contributed by atoms with Crippen LogP contribution < -0.4 is 16.0 Å². The predicted molar refractivity (Wildman–Crippen MR) is 51.2 cm³/mol. The molecule has 1 aromatic rings. The highest BCUT2D eigenvalue weighted by molar-refractivity contribution is 5.89. The number of carbonyl (C=O) groups is 1. The van der Waals surface area contributed by atoms with E-state index in [2.05, 4.69) is 11.0 Å². The van der Waals surface area contributed by atoms with Crippen LogP contribution in [0, 0.1) is 5.82 Å². The number of carboxylic acid groups (broad SMARTS) is 1. The lowest BCUT2D eigenvalue weighted by molar-refractivity contribution is 0.0696. The van der Waals surface area contributed by atoms with Gasteiger partial charge in [-0.2, -0.15) is 0 Å². The number of hydrogen-bond donors (Lipinski definition) is 3. The van der Waals surface area contributed by atoms with Crippen molar-refractivity contribution in [3.8, 4) is 0 Å². The first-order valence-corrected chi connectivity index (χ1v) is 4.18. The van der Waals surface area contributed by atoms with Gasteiger partial charge in [0.15, 0.2) is 0 Å². The fourth-order valence-electron chi connectivity index (χ4n) is 1.24. The second kappa shape index (κ2) is 3.58. The van der Waals surface area contributed by atoms with E-state index in [1.165, 1.54) is 17.1 Å². The first-order valence-electron chi connectivity index (χ1n) is 4.18. The van der Waals surface area contributed by atoms with Gasteiger partial charge in [-0.15, -0.1) is 5.53 Å². The van der Waals surface area contributed by atoms with E-state index in [1.54, 1.807) is 12.4 Å². The molecule has 0 bridgehead atoms. The highest BCUT2D eigenvalue weighted by Crippen LogP contribution is 2.18. The average Bonchev–Trinajstić information content (AvgIpc) is 2.69. The molecule has 2 rings (SSSR count). The minimum atomic E-state index is -1.16. The molecule has 0 aliphatic carbocycles. The van der Waals surface area contributed by atoms with Crippen LogP contribution in [-0.2, 0) is 0 Å². The summed E-state index contributed by atoms with van der Waals surface area (Å²) >= 11 is 0. The van der Waals surface area contributed by atoms with Crippen molar-refractivity contribution in [2.45, 2.75) is 0 Å². The van der Waals surface area contributed by atoms with Crippen molar-refractivity contribution in [2.75, 3.05) is 5.01 Å². The molecule has 1 aliphatic heterocycles. The summed E-state index contributed by atoms with van der Waals surface area (Å²) in [5, 5.41) is 10.2. The average molecular weight is 209 g/mol. The van der Waals surface area contributed by atoms with Crippen LogP contribution in [0.3, 0.4) is 0 Å². The Kier molecular flexibility index (Phi) is 2.26. The molecule has 0 atom stereocenters. The lowest BCUT2D eigenvalue weighted by Gasteiger charge is -2.15. The Balaban J connectivity index is 2.38.